The molecule has 0 spiro atoms. The average molecular weight is 321 g/mol. The number of rotatable bonds is 4. The lowest BCUT2D eigenvalue weighted by Gasteiger charge is -2.18. The highest BCUT2D eigenvalue weighted by Gasteiger charge is 2.19. The van der Waals surface area contributed by atoms with Crippen LogP contribution in [0.25, 0.3) is 10.8 Å². The van der Waals surface area contributed by atoms with Gasteiger partial charge in [-0.15, -0.1) is 0 Å². The largest absolute Gasteiger partial charge is 0.336 e. The van der Waals surface area contributed by atoms with Crippen LogP contribution in [0.5, 0.6) is 0 Å². The van der Waals surface area contributed by atoms with Crippen molar-refractivity contribution in [3.05, 3.63) is 76.2 Å². The van der Waals surface area contributed by atoms with Gasteiger partial charge in [0.15, 0.2) is 5.69 Å². The Morgan fingerprint density at radius 3 is 2.33 bits per heavy atom. The van der Waals surface area contributed by atoms with Gasteiger partial charge in [-0.25, -0.2) is 4.68 Å². The molecule has 0 saturated heterocycles. The molecule has 0 aliphatic rings. The maximum Gasteiger partial charge on any atom is 0.274 e. The number of hydrogen-bond acceptors (Lipinski definition) is 3. The molecule has 1 heterocycles. The number of hydrogen-bond donors (Lipinski definition) is 0. The smallest absolute Gasteiger partial charge is 0.274 e. The van der Waals surface area contributed by atoms with Gasteiger partial charge in [0.1, 0.15) is 0 Å². The minimum atomic E-state index is -0.197. The Morgan fingerprint density at radius 2 is 1.67 bits per heavy atom. The van der Waals surface area contributed by atoms with Gasteiger partial charge in [0.25, 0.3) is 11.5 Å². The third kappa shape index (κ3) is 2.93. The van der Waals surface area contributed by atoms with Crippen LogP contribution < -0.4 is 5.56 Å². The van der Waals surface area contributed by atoms with Gasteiger partial charge in [-0.2, -0.15) is 5.10 Å². The van der Waals surface area contributed by atoms with Crippen molar-refractivity contribution in [2.24, 2.45) is 0 Å². The van der Waals surface area contributed by atoms with Crippen molar-refractivity contribution in [3.8, 4) is 0 Å². The number of nitrogens with zero attached hydrogens (tertiary/aromatic N) is 3. The summed E-state index contributed by atoms with van der Waals surface area (Å²) in [6.07, 6.45) is 0. The van der Waals surface area contributed by atoms with Crippen LogP contribution in [0.4, 0.5) is 0 Å². The first-order valence-corrected chi connectivity index (χ1v) is 7.91. The van der Waals surface area contributed by atoms with E-state index < -0.39 is 0 Å². The molecule has 122 valence electrons. The fraction of sp³-hybridized carbons (Fsp3) is 0.211. The minimum absolute atomic E-state index is 0.171. The zero-order chi connectivity index (χ0) is 17.1. The second-order valence-corrected chi connectivity index (χ2v) is 5.66. The Balaban J connectivity index is 2.03. The topological polar surface area (TPSA) is 55.2 Å². The van der Waals surface area contributed by atoms with Crippen LogP contribution in [0.3, 0.4) is 0 Å². The normalized spacial score (nSPS) is 10.8. The van der Waals surface area contributed by atoms with Crippen molar-refractivity contribution in [3.63, 3.8) is 0 Å². The van der Waals surface area contributed by atoms with Crippen molar-refractivity contribution in [2.45, 2.75) is 20.0 Å². The first-order chi connectivity index (χ1) is 11.6. The van der Waals surface area contributed by atoms with E-state index in [0.29, 0.717) is 29.6 Å². The van der Waals surface area contributed by atoms with Crippen LogP contribution in [0, 0.1) is 0 Å². The average Bonchev–Trinajstić information content (AvgIpc) is 2.62. The number of amides is 1. The van der Waals surface area contributed by atoms with Gasteiger partial charge < -0.3 is 4.90 Å². The Bertz CT molecular complexity index is 932. The van der Waals surface area contributed by atoms with Crippen LogP contribution in [0.2, 0.25) is 0 Å². The number of fused-ring (bicyclic) bond motifs is 1. The highest BCUT2D eigenvalue weighted by atomic mass is 16.2. The van der Waals surface area contributed by atoms with Gasteiger partial charge in [0, 0.05) is 25.5 Å². The Morgan fingerprint density at radius 1 is 1.04 bits per heavy atom. The molecule has 2 aromatic carbocycles. The minimum Gasteiger partial charge on any atom is -0.336 e. The molecular weight excluding hydrogens is 302 g/mol. The van der Waals surface area contributed by atoms with E-state index in [1.54, 1.807) is 30.1 Å². The standard InChI is InChI=1S/C19H19N3O2/c1-3-22-18(23)16-12-8-7-11-15(16)17(20-22)19(24)21(2)13-14-9-5-4-6-10-14/h4-12H,3,13H2,1-2H3. The number of benzene rings is 2. The molecule has 1 aromatic heterocycles. The van der Waals surface area contributed by atoms with E-state index in [-0.39, 0.29) is 11.5 Å². The highest BCUT2D eigenvalue weighted by Crippen LogP contribution is 2.16. The Hall–Kier alpha value is -2.95. The molecule has 0 atom stereocenters. The molecule has 0 fully saturated rings. The summed E-state index contributed by atoms with van der Waals surface area (Å²) in [7, 11) is 1.74. The summed E-state index contributed by atoms with van der Waals surface area (Å²) < 4.78 is 1.34. The molecule has 0 bridgehead atoms. The first kappa shape index (κ1) is 15.9. The highest BCUT2D eigenvalue weighted by molar-refractivity contribution is 6.04. The number of carbonyl (C=O) groups excluding carboxylic acids is 1. The molecule has 24 heavy (non-hydrogen) atoms. The van der Waals surface area contributed by atoms with Gasteiger partial charge in [0.2, 0.25) is 0 Å². The lowest BCUT2D eigenvalue weighted by Crippen LogP contribution is -2.31. The lowest BCUT2D eigenvalue weighted by molar-refractivity contribution is 0.0779. The van der Waals surface area contributed by atoms with Crippen LogP contribution in [-0.4, -0.2) is 27.6 Å². The Kier molecular flexibility index (Phi) is 4.42. The van der Waals surface area contributed by atoms with Gasteiger partial charge in [-0.3, -0.25) is 9.59 Å². The molecule has 3 rings (SSSR count). The predicted molar refractivity (Wildman–Crippen MR) is 93.9 cm³/mol. The SMILES string of the molecule is CCn1nc(C(=O)N(C)Cc2ccccc2)c2ccccc2c1=O. The molecule has 0 radical (unpaired) electrons. The first-order valence-electron chi connectivity index (χ1n) is 7.91. The predicted octanol–water partition coefficient (Wildman–Crippen LogP) is 2.69. The molecule has 5 heteroatoms. The summed E-state index contributed by atoms with van der Waals surface area (Å²) in [5, 5.41) is 5.41. The number of aromatic nitrogens is 2. The molecule has 1 amide bonds. The summed E-state index contributed by atoms with van der Waals surface area (Å²) in [5.74, 6) is -0.197. The van der Waals surface area contributed by atoms with E-state index >= 15 is 0 Å². The fourth-order valence-electron chi connectivity index (χ4n) is 2.72. The van der Waals surface area contributed by atoms with E-state index in [0.717, 1.165) is 5.56 Å². The Labute approximate surface area is 140 Å². The molecule has 5 nitrogen and oxygen atoms in total. The number of aryl methyl sites for hydroxylation is 1. The van der Waals surface area contributed by atoms with Crippen molar-refractivity contribution in [1.29, 1.82) is 0 Å². The summed E-state index contributed by atoms with van der Waals surface area (Å²) in [6.45, 7) is 2.75. The van der Waals surface area contributed by atoms with E-state index in [1.165, 1.54) is 4.68 Å². The molecule has 0 unspecified atom stereocenters. The summed E-state index contributed by atoms with van der Waals surface area (Å²) in [5.41, 5.74) is 1.18. The van der Waals surface area contributed by atoms with Crippen LogP contribution in [0.15, 0.2) is 59.4 Å². The molecule has 0 aliphatic carbocycles. The molecule has 0 saturated carbocycles. The van der Waals surface area contributed by atoms with Crippen LogP contribution >= 0.6 is 0 Å². The van der Waals surface area contributed by atoms with E-state index in [2.05, 4.69) is 5.10 Å². The van der Waals surface area contributed by atoms with Crippen LogP contribution in [-0.2, 0) is 13.1 Å². The van der Waals surface area contributed by atoms with E-state index in [1.807, 2.05) is 43.3 Å². The van der Waals surface area contributed by atoms with E-state index in [4.69, 9.17) is 0 Å². The molecule has 0 aliphatic heterocycles. The second-order valence-electron chi connectivity index (χ2n) is 5.66. The zero-order valence-electron chi connectivity index (χ0n) is 13.8. The quantitative estimate of drug-likeness (QED) is 0.742. The van der Waals surface area contributed by atoms with Gasteiger partial charge in [-0.05, 0) is 18.6 Å². The summed E-state index contributed by atoms with van der Waals surface area (Å²) >= 11 is 0. The van der Waals surface area contributed by atoms with Gasteiger partial charge in [0.05, 0.1) is 5.39 Å². The lowest BCUT2D eigenvalue weighted by atomic mass is 10.1. The van der Waals surface area contributed by atoms with E-state index in [9.17, 15) is 9.59 Å². The van der Waals surface area contributed by atoms with Crippen molar-refractivity contribution in [2.75, 3.05) is 7.05 Å². The molecular formula is C19H19N3O2. The van der Waals surface area contributed by atoms with Gasteiger partial charge in [-0.1, -0.05) is 48.5 Å². The summed E-state index contributed by atoms with van der Waals surface area (Å²) in [6, 6.07) is 16.9. The number of carbonyl (C=O) groups is 1. The van der Waals surface area contributed by atoms with Crippen molar-refractivity contribution in [1.82, 2.24) is 14.7 Å². The van der Waals surface area contributed by atoms with Crippen LogP contribution in [0.1, 0.15) is 23.0 Å². The van der Waals surface area contributed by atoms with Crippen molar-refractivity contribution < 1.29 is 4.79 Å². The monoisotopic (exact) mass is 321 g/mol. The van der Waals surface area contributed by atoms with Crippen molar-refractivity contribution >= 4 is 16.7 Å². The summed E-state index contributed by atoms with van der Waals surface area (Å²) in [4.78, 5) is 26.9. The molecule has 3 aromatic rings. The fourth-order valence-corrected chi connectivity index (χ4v) is 2.72. The third-order valence-electron chi connectivity index (χ3n) is 3.98. The third-order valence-corrected chi connectivity index (χ3v) is 3.98. The second kappa shape index (κ2) is 6.66. The van der Waals surface area contributed by atoms with Gasteiger partial charge >= 0.3 is 0 Å². The maximum absolute atomic E-state index is 12.9. The molecule has 0 N–H and O–H groups in total. The maximum atomic E-state index is 12.9. The zero-order valence-corrected chi connectivity index (χ0v) is 13.8.